The molecule has 0 aliphatic carbocycles. The van der Waals surface area contributed by atoms with Crippen molar-refractivity contribution in [1.82, 2.24) is 4.57 Å². The lowest BCUT2D eigenvalue weighted by atomic mass is 9.95. The molecule has 3 aromatic rings. The average molecular weight is 462 g/mol. The topological polar surface area (TPSA) is 83.1 Å². The molecule has 0 atom stereocenters. The standard InChI is InChI=1S/C22H15Cl3N2O3/c1-3-27-11(2)18(12-4-6-15(23)14(8-12)10-26)21(28)19(22(29)30)20(27)13-5-7-16(24)17(25)9-13/h4-9H,3H2,1-2H3,(H,29,30). The van der Waals surface area contributed by atoms with Crippen LogP contribution in [-0.4, -0.2) is 15.6 Å². The van der Waals surface area contributed by atoms with Gasteiger partial charge in [-0.2, -0.15) is 5.26 Å². The first-order valence-corrected chi connectivity index (χ1v) is 10.0. The van der Waals surface area contributed by atoms with Crippen LogP contribution in [0.15, 0.2) is 41.2 Å². The molecule has 30 heavy (non-hydrogen) atoms. The predicted octanol–water partition coefficient (Wildman–Crippen LogP) is 6.04. The van der Waals surface area contributed by atoms with Crippen LogP contribution in [0.25, 0.3) is 22.4 Å². The van der Waals surface area contributed by atoms with Gasteiger partial charge in [0.25, 0.3) is 0 Å². The lowest BCUT2D eigenvalue weighted by molar-refractivity contribution is 0.0695. The molecule has 0 amide bonds. The Morgan fingerprint density at radius 1 is 1.07 bits per heavy atom. The number of pyridine rings is 1. The predicted molar refractivity (Wildman–Crippen MR) is 119 cm³/mol. The van der Waals surface area contributed by atoms with E-state index in [-0.39, 0.29) is 32.4 Å². The first-order valence-electron chi connectivity index (χ1n) is 8.87. The molecular weight excluding hydrogens is 447 g/mol. The fourth-order valence-electron chi connectivity index (χ4n) is 3.48. The van der Waals surface area contributed by atoms with E-state index in [4.69, 9.17) is 34.8 Å². The van der Waals surface area contributed by atoms with Gasteiger partial charge in [0.05, 0.1) is 26.3 Å². The largest absolute Gasteiger partial charge is 0.477 e. The van der Waals surface area contributed by atoms with Crippen molar-refractivity contribution >= 4 is 40.8 Å². The van der Waals surface area contributed by atoms with E-state index in [9.17, 15) is 20.0 Å². The molecule has 0 fully saturated rings. The third kappa shape index (κ3) is 3.70. The molecule has 1 heterocycles. The Bertz CT molecular complexity index is 1290. The smallest absolute Gasteiger partial charge is 0.341 e. The summed E-state index contributed by atoms with van der Waals surface area (Å²) in [6, 6.07) is 11.3. The lowest BCUT2D eigenvalue weighted by Crippen LogP contribution is -2.25. The van der Waals surface area contributed by atoms with Gasteiger partial charge in [0, 0.05) is 23.4 Å². The molecule has 152 valence electrons. The molecule has 3 rings (SSSR count). The molecular formula is C22H15Cl3N2O3. The Morgan fingerprint density at radius 2 is 1.70 bits per heavy atom. The molecule has 2 aromatic carbocycles. The monoisotopic (exact) mass is 460 g/mol. The average Bonchev–Trinajstić information content (AvgIpc) is 2.70. The van der Waals surface area contributed by atoms with Gasteiger partial charge in [0.15, 0.2) is 0 Å². The van der Waals surface area contributed by atoms with Gasteiger partial charge in [-0.1, -0.05) is 46.9 Å². The number of carboxylic acids is 1. The molecule has 8 heteroatoms. The maximum absolute atomic E-state index is 13.4. The van der Waals surface area contributed by atoms with Gasteiger partial charge in [-0.15, -0.1) is 0 Å². The Labute approximate surface area is 187 Å². The summed E-state index contributed by atoms with van der Waals surface area (Å²) in [6.07, 6.45) is 0. The molecule has 0 unspecified atom stereocenters. The number of rotatable bonds is 4. The van der Waals surface area contributed by atoms with E-state index in [0.29, 0.717) is 28.4 Å². The van der Waals surface area contributed by atoms with Gasteiger partial charge in [0.1, 0.15) is 11.6 Å². The summed E-state index contributed by atoms with van der Waals surface area (Å²) in [6.45, 7) is 3.97. The van der Waals surface area contributed by atoms with E-state index in [2.05, 4.69) is 0 Å². The minimum Gasteiger partial charge on any atom is -0.477 e. The van der Waals surface area contributed by atoms with Crippen LogP contribution in [-0.2, 0) is 6.54 Å². The van der Waals surface area contributed by atoms with Gasteiger partial charge in [-0.05, 0) is 43.7 Å². The lowest BCUT2D eigenvalue weighted by Gasteiger charge is -2.21. The number of nitrogens with zero attached hydrogens (tertiary/aromatic N) is 2. The highest BCUT2D eigenvalue weighted by Gasteiger charge is 2.26. The van der Waals surface area contributed by atoms with E-state index in [1.54, 1.807) is 29.7 Å². The summed E-state index contributed by atoms with van der Waals surface area (Å²) in [5, 5.41) is 20.0. The maximum Gasteiger partial charge on any atom is 0.341 e. The van der Waals surface area contributed by atoms with E-state index >= 15 is 0 Å². The van der Waals surface area contributed by atoms with Crippen LogP contribution in [0.3, 0.4) is 0 Å². The van der Waals surface area contributed by atoms with Gasteiger partial charge >= 0.3 is 5.97 Å². The number of carbonyl (C=O) groups is 1. The molecule has 0 saturated heterocycles. The zero-order valence-electron chi connectivity index (χ0n) is 16.0. The fraction of sp³-hybridized carbons (Fsp3) is 0.136. The fourth-order valence-corrected chi connectivity index (χ4v) is 3.94. The van der Waals surface area contributed by atoms with Gasteiger partial charge < -0.3 is 9.67 Å². The van der Waals surface area contributed by atoms with Crippen molar-refractivity contribution in [3.05, 3.63) is 78.5 Å². The van der Waals surface area contributed by atoms with Crippen LogP contribution in [0, 0.1) is 18.3 Å². The Morgan fingerprint density at radius 3 is 2.27 bits per heavy atom. The highest BCUT2D eigenvalue weighted by molar-refractivity contribution is 6.42. The van der Waals surface area contributed by atoms with Crippen molar-refractivity contribution in [1.29, 1.82) is 5.26 Å². The van der Waals surface area contributed by atoms with E-state index in [1.165, 1.54) is 18.2 Å². The Balaban J connectivity index is 2.46. The number of nitriles is 1. The summed E-state index contributed by atoms with van der Waals surface area (Å²) in [4.78, 5) is 25.5. The van der Waals surface area contributed by atoms with E-state index in [1.807, 2.05) is 13.0 Å². The Hall–Kier alpha value is -2.78. The van der Waals surface area contributed by atoms with Crippen LogP contribution in [0.1, 0.15) is 28.5 Å². The quantitative estimate of drug-likeness (QED) is 0.513. The highest BCUT2D eigenvalue weighted by atomic mass is 35.5. The second-order valence-corrected chi connectivity index (χ2v) is 7.72. The number of hydrogen-bond donors (Lipinski definition) is 1. The number of carboxylic acid groups (broad SMARTS) is 1. The van der Waals surface area contributed by atoms with Crippen LogP contribution in [0.2, 0.25) is 15.1 Å². The van der Waals surface area contributed by atoms with E-state index < -0.39 is 11.4 Å². The zero-order valence-corrected chi connectivity index (χ0v) is 18.2. The van der Waals surface area contributed by atoms with Crippen LogP contribution in [0.4, 0.5) is 0 Å². The first-order chi connectivity index (χ1) is 14.2. The number of benzene rings is 2. The molecule has 5 nitrogen and oxygen atoms in total. The first kappa shape index (κ1) is 21.9. The third-order valence-electron chi connectivity index (χ3n) is 4.83. The summed E-state index contributed by atoms with van der Waals surface area (Å²) in [5.41, 5.74) is 1.03. The number of aromatic carboxylic acids is 1. The van der Waals surface area contributed by atoms with E-state index in [0.717, 1.165) is 0 Å². The SMILES string of the molecule is CCn1c(C)c(-c2ccc(Cl)c(C#N)c2)c(=O)c(C(=O)O)c1-c1ccc(Cl)c(Cl)c1. The number of halogens is 3. The van der Waals surface area contributed by atoms with Gasteiger partial charge in [-0.3, -0.25) is 4.79 Å². The van der Waals surface area contributed by atoms with Crippen molar-refractivity contribution in [2.24, 2.45) is 0 Å². The maximum atomic E-state index is 13.4. The molecule has 0 spiro atoms. The molecule has 0 aliphatic heterocycles. The minimum atomic E-state index is -1.36. The van der Waals surface area contributed by atoms with Crippen molar-refractivity contribution in [3.8, 4) is 28.5 Å². The zero-order chi connectivity index (χ0) is 22.2. The van der Waals surface area contributed by atoms with Crippen molar-refractivity contribution in [3.63, 3.8) is 0 Å². The second-order valence-electron chi connectivity index (χ2n) is 6.50. The summed E-state index contributed by atoms with van der Waals surface area (Å²) in [7, 11) is 0. The summed E-state index contributed by atoms with van der Waals surface area (Å²) < 4.78 is 1.74. The normalized spacial score (nSPS) is 10.7. The third-order valence-corrected chi connectivity index (χ3v) is 5.89. The Kier molecular flexibility index (Phi) is 6.23. The van der Waals surface area contributed by atoms with Crippen LogP contribution >= 0.6 is 34.8 Å². The van der Waals surface area contributed by atoms with Crippen LogP contribution in [0.5, 0.6) is 0 Å². The van der Waals surface area contributed by atoms with Crippen molar-refractivity contribution in [2.75, 3.05) is 0 Å². The van der Waals surface area contributed by atoms with Crippen molar-refractivity contribution in [2.45, 2.75) is 20.4 Å². The molecule has 0 saturated carbocycles. The molecule has 0 radical (unpaired) electrons. The minimum absolute atomic E-state index is 0.196. The van der Waals surface area contributed by atoms with Gasteiger partial charge in [0.2, 0.25) is 5.43 Å². The van der Waals surface area contributed by atoms with Crippen LogP contribution < -0.4 is 5.43 Å². The molecule has 1 aromatic heterocycles. The molecule has 1 N–H and O–H groups in total. The highest BCUT2D eigenvalue weighted by Crippen LogP contribution is 2.33. The molecule has 0 bridgehead atoms. The number of aromatic nitrogens is 1. The summed E-state index contributed by atoms with van der Waals surface area (Å²) >= 11 is 18.1. The molecule has 0 aliphatic rings. The number of hydrogen-bond acceptors (Lipinski definition) is 3. The van der Waals surface area contributed by atoms with Crippen molar-refractivity contribution < 1.29 is 9.90 Å². The summed E-state index contributed by atoms with van der Waals surface area (Å²) in [5.74, 6) is -1.36. The second kappa shape index (κ2) is 8.53. The van der Waals surface area contributed by atoms with Gasteiger partial charge in [-0.25, -0.2) is 4.79 Å².